The lowest BCUT2D eigenvalue weighted by molar-refractivity contribution is -0.132. The normalized spacial score (nSPS) is 14.3. The van der Waals surface area contributed by atoms with Crippen molar-refractivity contribution in [2.45, 2.75) is 0 Å². The summed E-state index contributed by atoms with van der Waals surface area (Å²) >= 11 is 6.61. The Balaban J connectivity index is 1.73. The van der Waals surface area contributed by atoms with E-state index in [-0.39, 0.29) is 10.7 Å². The molecular weight excluding hydrogens is 416 g/mol. The first-order valence-electron chi connectivity index (χ1n) is 9.15. The first kappa shape index (κ1) is 19.9. The van der Waals surface area contributed by atoms with E-state index in [9.17, 15) is 9.59 Å². The van der Waals surface area contributed by atoms with Gasteiger partial charge in [0.15, 0.2) is 5.11 Å². The highest BCUT2D eigenvalue weighted by Crippen LogP contribution is 2.38. The Morgan fingerprint density at radius 2 is 1.60 bits per heavy atom. The quantitative estimate of drug-likeness (QED) is 0.350. The molecule has 1 aliphatic heterocycles. The van der Waals surface area contributed by atoms with Crippen LogP contribution in [-0.4, -0.2) is 45.8 Å². The van der Waals surface area contributed by atoms with E-state index >= 15 is 0 Å². The van der Waals surface area contributed by atoms with Gasteiger partial charge in [-0.1, -0.05) is 24.3 Å². The van der Waals surface area contributed by atoms with E-state index in [1.807, 2.05) is 65.6 Å². The topological polar surface area (TPSA) is 56.8 Å². The summed E-state index contributed by atoms with van der Waals surface area (Å²) in [6.45, 7) is 0. The fourth-order valence-corrected chi connectivity index (χ4v) is 4.24. The van der Waals surface area contributed by atoms with E-state index in [2.05, 4.69) is 4.98 Å². The van der Waals surface area contributed by atoms with E-state index in [0.717, 1.165) is 21.4 Å². The molecule has 1 fully saturated rings. The maximum absolute atomic E-state index is 12.6. The Kier molecular flexibility index (Phi) is 5.43. The van der Waals surface area contributed by atoms with Crippen molar-refractivity contribution in [2.24, 2.45) is 0 Å². The number of anilines is 3. The molecule has 2 aromatic heterocycles. The molecule has 3 heterocycles. The zero-order valence-electron chi connectivity index (χ0n) is 16.4. The minimum atomic E-state index is -0.400. The maximum atomic E-state index is 12.6. The average Bonchev–Trinajstić information content (AvgIpc) is 3.24. The Labute approximate surface area is 183 Å². The van der Waals surface area contributed by atoms with Crippen LogP contribution in [0.1, 0.15) is 4.88 Å². The molecule has 0 atom stereocenters. The molecule has 0 bridgehead atoms. The lowest BCUT2D eigenvalue weighted by atomic mass is 10.1. The summed E-state index contributed by atoms with van der Waals surface area (Å²) in [4.78, 5) is 35.1. The molecule has 0 N–H and O–H groups in total. The molecule has 6 nitrogen and oxygen atoms in total. The lowest BCUT2D eigenvalue weighted by Crippen LogP contribution is -2.52. The van der Waals surface area contributed by atoms with E-state index in [1.54, 1.807) is 26.4 Å². The van der Waals surface area contributed by atoms with Crippen molar-refractivity contribution in [3.63, 3.8) is 0 Å². The number of likely N-dealkylation sites (N-methyl/N-ethyl adjacent to an activating group) is 2. The average molecular weight is 435 g/mol. The van der Waals surface area contributed by atoms with Crippen LogP contribution in [0.2, 0.25) is 0 Å². The van der Waals surface area contributed by atoms with Gasteiger partial charge in [0.05, 0.1) is 0 Å². The summed E-state index contributed by atoms with van der Waals surface area (Å²) in [5.41, 5.74) is 1.05. The molecule has 3 aromatic rings. The SMILES string of the molecule is CN1C(=O)C(=Cc2ccc(N(c3ccccc3)c3ccccn3)s2)C(=O)N(C)C1=S. The van der Waals surface area contributed by atoms with Crippen LogP contribution >= 0.6 is 23.6 Å². The van der Waals surface area contributed by atoms with Crippen molar-refractivity contribution in [1.29, 1.82) is 0 Å². The number of aromatic nitrogens is 1. The molecule has 4 rings (SSSR count). The Bertz CT molecular complexity index is 1080. The van der Waals surface area contributed by atoms with E-state index in [1.165, 1.54) is 21.1 Å². The molecule has 1 aromatic carbocycles. The first-order chi connectivity index (χ1) is 14.5. The van der Waals surface area contributed by atoms with Crippen LogP contribution in [0.15, 0.2) is 72.4 Å². The number of pyridine rings is 1. The van der Waals surface area contributed by atoms with Gasteiger partial charge in [-0.25, -0.2) is 4.98 Å². The summed E-state index contributed by atoms with van der Waals surface area (Å²) in [7, 11) is 3.14. The minimum absolute atomic E-state index is 0.0890. The van der Waals surface area contributed by atoms with Crippen molar-refractivity contribution in [2.75, 3.05) is 19.0 Å². The van der Waals surface area contributed by atoms with Crippen LogP contribution in [0.25, 0.3) is 6.08 Å². The molecule has 0 saturated carbocycles. The number of amides is 2. The number of para-hydroxylation sites is 1. The van der Waals surface area contributed by atoms with Crippen LogP contribution in [0.4, 0.5) is 16.5 Å². The number of benzene rings is 1. The first-order valence-corrected chi connectivity index (χ1v) is 10.4. The molecule has 30 heavy (non-hydrogen) atoms. The Hall–Kier alpha value is -3.36. The van der Waals surface area contributed by atoms with Crippen LogP contribution < -0.4 is 4.90 Å². The molecular formula is C22H18N4O2S2. The fourth-order valence-electron chi connectivity index (χ4n) is 3.09. The van der Waals surface area contributed by atoms with Crippen LogP contribution in [-0.2, 0) is 9.59 Å². The van der Waals surface area contributed by atoms with E-state index in [4.69, 9.17) is 12.2 Å². The number of hydrogen-bond donors (Lipinski definition) is 0. The number of thiocarbonyl (C=S) groups is 1. The zero-order valence-corrected chi connectivity index (χ0v) is 18.0. The third kappa shape index (κ3) is 3.62. The van der Waals surface area contributed by atoms with Gasteiger partial charge in [0, 0.05) is 30.9 Å². The molecule has 0 aliphatic carbocycles. The molecule has 1 saturated heterocycles. The molecule has 150 valence electrons. The molecule has 0 spiro atoms. The van der Waals surface area contributed by atoms with Gasteiger partial charge in [-0.3, -0.25) is 24.3 Å². The Morgan fingerprint density at radius 3 is 2.23 bits per heavy atom. The summed E-state index contributed by atoms with van der Waals surface area (Å²) in [5.74, 6) is -0.0234. The third-order valence-corrected chi connectivity index (χ3v) is 6.22. The van der Waals surface area contributed by atoms with Crippen molar-refractivity contribution in [3.8, 4) is 0 Å². The third-order valence-electron chi connectivity index (χ3n) is 4.66. The lowest BCUT2D eigenvalue weighted by Gasteiger charge is -2.31. The number of rotatable bonds is 4. The summed E-state index contributed by atoms with van der Waals surface area (Å²) in [6.07, 6.45) is 3.37. The van der Waals surface area contributed by atoms with Crippen LogP contribution in [0.5, 0.6) is 0 Å². The minimum Gasteiger partial charge on any atom is -0.288 e. The summed E-state index contributed by atoms with van der Waals surface area (Å²) in [6, 6.07) is 19.5. The highest BCUT2D eigenvalue weighted by atomic mass is 32.1. The van der Waals surface area contributed by atoms with Gasteiger partial charge in [0.2, 0.25) is 0 Å². The predicted octanol–water partition coefficient (Wildman–Crippen LogP) is 4.21. The molecule has 8 heteroatoms. The van der Waals surface area contributed by atoms with Crippen LogP contribution in [0.3, 0.4) is 0 Å². The van der Waals surface area contributed by atoms with Crippen molar-refractivity contribution < 1.29 is 9.59 Å². The van der Waals surface area contributed by atoms with Crippen molar-refractivity contribution >= 4 is 63.1 Å². The highest BCUT2D eigenvalue weighted by molar-refractivity contribution is 7.80. The van der Waals surface area contributed by atoms with Gasteiger partial charge < -0.3 is 0 Å². The second kappa shape index (κ2) is 8.17. The van der Waals surface area contributed by atoms with Crippen molar-refractivity contribution in [1.82, 2.24) is 14.8 Å². The maximum Gasteiger partial charge on any atom is 0.265 e. The van der Waals surface area contributed by atoms with Gasteiger partial charge in [-0.15, -0.1) is 11.3 Å². The van der Waals surface area contributed by atoms with Gasteiger partial charge in [0.1, 0.15) is 16.4 Å². The van der Waals surface area contributed by atoms with E-state index < -0.39 is 11.8 Å². The highest BCUT2D eigenvalue weighted by Gasteiger charge is 2.35. The van der Waals surface area contributed by atoms with Gasteiger partial charge in [-0.2, -0.15) is 0 Å². The van der Waals surface area contributed by atoms with E-state index in [0.29, 0.717) is 0 Å². The molecule has 1 aliphatic rings. The largest absolute Gasteiger partial charge is 0.288 e. The number of carbonyl (C=O) groups is 2. The second-order valence-corrected chi connectivity index (χ2v) is 8.06. The smallest absolute Gasteiger partial charge is 0.265 e. The molecule has 0 radical (unpaired) electrons. The standard InChI is InChI=1S/C22H18N4O2S2/c1-24-20(27)17(21(28)25(2)22(24)29)14-16-11-12-19(30-16)26(15-8-4-3-5-9-15)18-10-6-7-13-23-18/h3-14H,1-2H3. The number of hydrogen-bond acceptors (Lipinski definition) is 6. The van der Waals surface area contributed by atoms with Crippen molar-refractivity contribution in [3.05, 3.63) is 77.3 Å². The summed E-state index contributed by atoms with van der Waals surface area (Å²) < 4.78 is 0. The number of carbonyl (C=O) groups excluding carboxylic acids is 2. The van der Waals surface area contributed by atoms with Gasteiger partial charge >= 0.3 is 0 Å². The monoisotopic (exact) mass is 434 g/mol. The zero-order chi connectivity index (χ0) is 21.3. The number of thiophene rings is 1. The van der Waals surface area contributed by atoms with Gasteiger partial charge in [0.25, 0.3) is 11.8 Å². The summed E-state index contributed by atoms with van der Waals surface area (Å²) in [5, 5.41) is 1.11. The predicted molar refractivity (Wildman–Crippen MR) is 123 cm³/mol. The Morgan fingerprint density at radius 1 is 0.933 bits per heavy atom. The number of nitrogens with zero attached hydrogens (tertiary/aromatic N) is 4. The molecule has 0 unspecified atom stereocenters. The second-order valence-electron chi connectivity index (χ2n) is 6.60. The fraction of sp³-hybridized carbons (Fsp3) is 0.0909. The van der Waals surface area contributed by atoms with Gasteiger partial charge in [-0.05, 0) is 54.7 Å². The molecule has 2 amide bonds. The van der Waals surface area contributed by atoms with Crippen LogP contribution in [0, 0.1) is 0 Å².